The van der Waals surface area contributed by atoms with E-state index in [9.17, 15) is 8.42 Å². The molecule has 2 N–H and O–H groups in total. The van der Waals surface area contributed by atoms with Crippen molar-refractivity contribution in [2.45, 2.75) is 18.4 Å². The zero-order chi connectivity index (χ0) is 22.6. The van der Waals surface area contributed by atoms with Crippen LogP contribution in [0.25, 0.3) is 5.69 Å². The Kier molecular flexibility index (Phi) is 6.13. The molecular weight excluding hydrogens is 424 g/mol. The second-order valence-corrected chi connectivity index (χ2v) is 8.90. The van der Waals surface area contributed by atoms with Crippen LogP contribution < -0.4 is 14.8 Å². The van der Waals surface area contributed by atoms with Gasteiger partial charge < -0.3 is 14.6 Å². The molecule has 0 unspecified atom stereocenters. The van der Waals surface area contributed by atoms with E-state index in [-0.39, 0.29) is 4.90 Å². The summed E-state index contributed by atoms with van der Waals surface area (Å²) in [6, 6.07) is 21.8. The highest BCUT2D eigenvalue weighted by Crippen LogP contribution is 2.29. The van der Waals surface area contributed by atoms with E-state index in [1.165, 1.54) is 0 Å². The highest BCUT2D eigenvalue weighted by atomic mass is 32.2. The van der Waals surface area contributed by atoms with E-state index >= 15 is 0 Å². The SMILES string of the molecule is COc1cc(NS(=O)(=O)c2ccccc2NCc2ccccc2)ccc1-n1cnc(C)c1. The van der Waals surface area contributed by atoms with Gasteiger partial charge in [0.05, 0.1) is 36.2 Å². The van der Waals surface area contributed by atoms with Crippen molar-refractivity contribution in [3.63, 3.8) is 0 Å². The van der Waals surface area contributed by atoms with Gasteiger partial charge in [0.15, 0.2) is 0 Å². The number of hydrogen-bond acceptors (Lipinski definition) is 5. The number of rotatable bonds is 8. The minimum atomic E-state index is -3.83. The van der Waals surface area contributed by atoms with E-state index in [1.807, 2.05) is 48.0 Å². The van der Waals surface area contributed by atoms with E-state index in [0.29, 0.717) is 23.7 Å². The van der Waals surface area contributed by atoms with Gasteiger partial charge in [0.2, 0.25) is 0 Å². The molecule has 1 heterocycles. The van der Waals surface area contributed by atoms with Gasteiger partial charge >= 0.3 is 0 Å². The third kappa shape index (κ3) is 4.76. The number of hydrogen-bond donors (Lipinski definition) is 2. The van der Waals surface area contributed by atoms with E-state index in [0.717, 1.165) is 16.9 Å². The second kappa shape index (κ2) is 9.15. The Balaban J connectivity index is 1.58. The molecule has 1 aromatic heterocycles. The van der Waals surface area contributed by atoms with Gasteiger partial charge in [0, 0.05) is 18.8 Å². The molecule has 32 heavy (non-hydrogen) atoms. The fourth-order valence-electron chi connectivity index (χ4n) is 3.36. The molecule has 0 radical (unpaired) electrons. The van der Waals surface area contributed by atoms with Crippen molar-refractivity contribution in [3.8, 4) is 11.4 Å². The quantitative estimate of drug-likeness (QED) is 0.411. The molecule has 0 spiro atoms. The number of nitrogens with one attached hydrogen (secondary N) is 2. The molecule has 3 aromatic carbocycles. The molecule has 8 heteroatoms. The Bertz CT molecular complexity index is 1320. The van der Waals surface area contributed by atoms with E-state index < -0.39 is 10.0 Å². The van der Waals surface area contributed by atoms with Crippen molar-refractivity contribution in [1.82, 2.24) is 9.55 Å². The average Bonchev–Trinajstić information content (AvgIpc) is 3.24. The summed E-state index contributed by atoms with van der Waals surface area (Å²) in [5.41, 5.74) is 3.63. The third-order valence-corrected chi connectivity index (χ3v) is 6.36. The Hall–Kier alpha value is -3.78. The molecule has 0 saturated heterocycles. The first kappa shape index (κ1) is 21.5. The Morgan fingerprint density at radius 1 is 1.00 bits per heavy atom. The molecule has 7 nitrogen and oxygen atoms in total. The Morgan fingerprint density at radius 3 is 2.47 bits per heavy atom. The maximum Gasteiger partial charge on any atom is 0.263 e. The van der Waals surface area contributed by atoms with E-state index in [2.05, 4.69) is 15.0 Å². The van der Waals surface area contributed by atoms with Gasteiger partial charge in [-0.3, -0.25) is 4.72 Å². The molecule has 0 fully saturated rings. The number of methoxy groups -OCH3 is 1. The zero-order valence-corrected chi connectivity index (χ0v) is 18.6. The van der Waals surface area contributed by atoms with Crippen molar-refractivity contribution in [2.75, 3.05) is 17.1 Å². The lowest BCUT2D eigenvalue weighted by molar-refractivity contribution is 0.413. The summed E-state index contributed by atoms with van der Waals surface area (Å²) in [6.07, 6.45) is 3.56. The molecule has 0 saturated carbocycles. The molecule has 0 aliphatic carbocycles. The molecule has 164 valence electrons. The van der Waals surface area contributed by atoms with Gasteiger partial charge in [-0.1, -0.05) is 42.5 Å². The first-order chi connectivity index (χ1) is 15.5. The number of ether oxygens (including phenoxy) is 1. The Labute approximate surface area is 187 Å². The van der Waals surface area contributed by atoms with Crippen LogP contribution in [0.3, 0.4) is 0 Å². The minimum Gasteiger partial charge on any atom is -0.494 e. The summed E-state index contributed by atoms with van der Waals surface area (Å²) >= 11 is 0. The smallest absolute Gasteiger partial charge is 0.263 e. The van der Waals surface area contributed by atoms with Crippen LogP contribution in [0.5, 0.6) is 5.75 Å². The maximum absolute atomic E-state index is 13.2. The predicted molar refractivity (Wildman–Crippen MR) is 126 cm³/mol. The van der Waals surface area contributed by atoms with Crippen LogP contribution in [0.15, 0.2) is 90.2 Å². The number of imidazole rings is 1. The highest BCUT2D eigenvalue weighted by Gasteiger charge is 2.19. The van der Waals surface area contributed by atoms with Crippen LogP contribution >= 0.6 is 0 Å². The normalized spacial score (nSPS) is 11.2. The minimum absolute atomic E-state index is 0.171. The van der Waals surface area contributed by atoms with E-state index in [4.69, 9.17) is 4.74 Å². The molecule has 0 aliphatic rings. The summed E-state index contributed by atoms with van der Waals surface area (Å²) in [5.74, 6) is 0.526. The highest BCUT2D eigenvalue weighted by molar-refractivity contribution is 7.92. The number of aryl methyl sites for hydroxylation is 1. The number of nitrogens with zero attached hydrogens (tertiary/aromatic N) is 2. The molecule has 4 aromatic rings. The first-order valence-electron chi connectivity index (χ1n) is 10.0. The van der Waals surface area contributed by atoms with Crippen LogP contribution in [-0.2, 0) is 16.6 Å². The molecule has 0 aliphatic heterocycles. The topological polar surface area (TPSA) is 85.2 Å². The fraction of sp³-hybridized carbons (Fsp3) is 0.125. The predicted octanol–water partition coefficient (Wildman–Crippen LogP) is 4.60. The number of anilines is 2. The largest absolute Gasteiger partial charge is 0.494 e. The van der Waals surface area contributed by atoms with Crippen LogP contribution in [0.1, 0.15) is 11.3 Å². The summed E-state index contributed by atoms with van der Waals surface area (Å²) in [4.78, 5) is 4.40. The van der Waals surface area contributed by atoms with Crippen molar-refractivity contribution < 1.29 is 13.2 Å². The monoisotopic (exact) mass is 448 g/mol. The lowest BCUT2D eigenvalue weighted by Crippen LogP contribution is -2.15. The third-order valence-electron chi connectivity index (χ3n) is 4.92. The lowest BCUT2D eigenvalue weighted by atomic mass is 10.2. The number of aromatic nitrogens is 2. The van der Waals surface area contributed by atoms with Gasteiger partial charge in [0.25, 0.3) is 10.0 Å². The fourth-order valence-corrected chi connectivity index (χ4v) is 4.59. The van der Waals surface area contributed by atoms with Crippen LogP contribution in [-0.4, -0.2) is 25.1 Å². The second-order valence-electron chi connectivity index (χ2n) is 7.25. The summed E-state index contributed by atoms with van der Waals surface area (Å²) < 4.78 is 36.3. The molecule has 0 amide bonds. The molecule has 4 rings (SSSR count). The van der Waals surface area contributed by atoms with Crippen LogP contribution in [0.4, 0.5) is 11.4 Å². The van der Waals surface area contributed by atoms with Crippen molar-refractivity contribution >= 4 is 21.4 Å². The average molecular weight is 449 g/mol. The van der Waals surface area contributed by atoms with Crippen LogP contribution in [0.2, 0.25) is 0 Å². The summed E-state index contributed by atoms with van der Waals surface area (Å²) in [5, 5.41) is 3.22. The van der Waals surface area contributed by atoms with Gasteiger partial charge in [-0.25, -0.2) is 13.4 Å². The van der Waals surface area contributed by atoms with Crippen molar-refractivity contribution in [1.29, 1.82) is 0 Å². The Morgan fingerprint density at radius 2 is 1.75 bits per heavy atom. The number of benzene rings is 3. The zero-order valence-electron chi connectivity index (χ0n) is 17.8. The van der Waals surface area contributed by atoms with Crippen LogP contribution in [0, 0.1) is 6.92 Å². The maximum atomic E-state index is 13.2. The first-order valence-corrected chi connectivity index (χ1v) is 11.5. The standard InChI is InChI=1S/C24H24N4O3S/c1-18-16-28(17-26-18)22-13-12-20(14-23(22)31-2)27-32(29,30)24-11-7-6-10-21(24)25-15-19-8-4-3-5-9-19/h3-14,16-17,25,27H,15H2,1-2H3. The van der Waals surface area contributed by atoms with Crippen molar-refractivity contribution in [3.05, 3.63) is 96.6 Å². The lowest BCUT2D eigenvalue weighted by Gasteiger charge is -2.15. The van der Waals surface area contributed by atoms with Gasteiger partial charge in [-0.05, 0) is 36.8 Å². The summed E-state index contributed by atoms with van der Waals surface area (Å²) in [7, 11) is -2.29. The number of sulfonamides is 1. The van der Waals surface area contributed by atoms with Gasteiger partial charge in [-0.2, -0.15) is 0 Å². The summed E-state index contributed by atoms with van der Waals surface area (Å²) in [6.45, 7) is 2.41. The van der Waals surface area contributed by atoms with Crippen molar-refractivity contribution in [2.24, 2.45) is 0 Å². The van der Waals surface area contributed by atoms with E-state index in [1.54, 1.807) is 55.9 Å². The number of para-hydroxylation sites is 1. The molecule has 0 atom stereocenters. The molecule has 0 bridgehead atoms. The van der Waals surface area contributed by atoms with Gasteiger partial charge in [0.1, 0.15) is 10.6 Å². The molecular formula is C24H24N4O3S. The van der Waals surface area contributed by atoms with Gasteiger partial charge in [-0.15, -0.1) is 0 Å².